The molecule has 0 aliphatic heterocycles. The van der Waals surface area contributed by atoms with E-state index in [1.54, 1.807) is 36.4 Å². The molecule has 162 valence electrons. The Morgan fingerprint density at radius 2 is 2.00 bits per heavy atom. The van der Waals surface area contributed by atoms with Gasteiger partial charge in [0.15, 0.2) is 6.10 Å². The van der Waals surface area contributed by atoms with Crippen LogP contribution in [0.25, 0.3) is 11.1 Å². The van der Waals surface area contributed by atoms with Crippen molar-refractivity contribution < 1.29 is 33.8 Å². The molecule has 0 aliphatic rings. The highest BCUT2D eigenvalue weighted by molar-refractivity contribution is 6.30. The third-order valence-corrected chi connectivity index (χ3v) is 4.47. The number of carbonyl (C=O) groups is 2. The van der Waals surface area contributed by atoms with E-state index in [4.69, 9.17) is 16.7 Å². The van der Waals surface area contributed by atoms with Gasteiger partial charge in [0.1, 0.15) is 5.82 Å². The van der Waals surface area contributed by atoms with Crippen molar-refractivity contribution in [2.75, 3.05) is 6.54 Å². The Balaban J connectivity index is 1.76. The summed E-state index contributed by atoms with van der Waals surface area (Å²) in [6.07, 6.45) is -1.89. The number of carboxylic acids is 1. The van der Waals surface area contributed by atoms with E-state index in [-0.39, 0.29) is 12.3 Å². The molecule has 0 aliphatic carbocycles. The third-order valence-electron chi connectivity index (χ3n) is 4.24. The minimum absolute atomic E-state index is 0.0784. The maximum atomic E-state index is 14.6. The molecule has 0 unspecified atom stereocenters. The molecule has 0 bridgehead atoms. The van der Waals surface area contributed by atoms with Gasteiger partial charge in [-0.1, -0.05) is 35.9 Å². The van der Waals surface area contributed by atoms with E-state index in [9.17, 15) is 24.2 Å². The van der Waals surface area contributed by atoms with Crippen molar-refractivity contribution in [3.63, 3.8) is 0 Å². The second-order valence-corrected chi connectivity index (χ2v) is 6.92. The summed E-state index contributed by atoms with van der Waals surface area (Å²) in [7, 11) is 0. The highest BCUT2D eigenvalue weighted by Crippen LogP contribution is 2.26. The molecule has 4 N–H and O–H groups in total. The summed E-state index contributed by atoms with van der Waals surface area (Å²) in [5, 5.41) is 32.2. The van der Waals surface area contributed by atoms with Gasteiger partial charge >= 0.3 is 11.9 Å². The zero-order chi connectivity index (χ0) is 22.5. The average Bonchev–Trinajstić information content (AvgIpc) is 3.16. The van der Waals surface area contributed by atoms with E-state index in [0.29, 0.717) is 21.7 Å². The number of rotatable bonds is 8. The standard InChI is InChI=1S/C20H17ClFN3O6/c21-13-3-1-2-12(7-13)14-5-4-11(6-15(14)22)9-23-25(10-16(26)20(29)30)19(28)17-8-18(27)24-31-17/h1-8,16,23,26H,9-10H2,(H,24,27)(H,29,30)/t16-/m1/s1. The molecule has 1 amide bonds. The van der Waals surface area contributed by atoms with Crippen LogP contribution in [0.3, 0.4) is 0 Å². The van der Waals surface area contributed by atoms with Crippen LogP contribution < -0.4 is 5.43 Å². The van der Waals surface area contributed by atoms with Gasteiger partial charge in [-0.2, -0.15) is 0 Å². The molecule has 3 aromatic rings. The van der Waals surface area contributed by atoms with Gasteiger partial charge in [0.25, 0.3) is 5.88 Å². The first-order valence-corrected chi connectivity index (χ1v) is 9.28. The predicted molar refractivity (Wildman–Crippen MR) is 107 cm³/mol. The molecule has 1 heterocycles. The maximum Gasteiger partial charge on any atom is 0.334 e. The van der Waals surface area contributed by atoms with Gasteiger partial charge < -0.3 is 19.8 Å². The van der Waals surface area contributed by atoms with Crippen LogP contribution in [0.1, 0.15) is 16.1 Å². The number of nitrogens with zero attached hydrogens (tertiary/aromatic N) is 2. The summed E-state index contributed by atoms with van der Waals surface area (Å²) in [4.78, 5) is 23.5. The van der Waals surface area contributed by atoms with Crippen molar-refractivity contribution in [3.8, 4) is 17.0 Å². The number of carbonyl (C=O) groups excluding carboxylic acids is 1. The number of hydrazine groups is 1. The van der Waals surface area contributed by atoms with Crippen molar-refractivity contribution in [3.05, 3.63) is 70.7 Å². The van der Waals surface area contributed by atoms with Crippen LogP contribution in [0.2, 0.25) is 5.02 Å². The number of aliphatic hydroxyl groups is 1. The number of benzene rings is 2. The van der Waals surface area contributed by atoms with Crippen LogP contribution in [0.15, 0.2) is 53.1 Å². The van der Waals surface area contributed by atoms with Gasteiger partial charge in [-0.05, 0) is 34.5 Å². The van der Waals surface area contributed by atoms with Crippen LogP contribution in [-0.2, 0) is 11.3 Å². The summed E-state index contributed by atoms with van der Waals surface area (Å²) in [6.45, 7) is -0.719. The van der Waals surface area contributed by atoms with Crippen molar-refractivity contribution in [1.29, 1.82) is 0 Å². The lowest BCUT2D eigenvalue weighted by atomic mass is 10.0. The highest BCUT2D eigenvalue weighted by Gasteiger charge is 2.26. The SMILES string of the molecule is O=C(O)[C@H](O)CN(NCc1ccc(-c2cccc(Cl)c2)c(F)c1)C(=O)c1cc(O)no1. The summed E-state index contributed by atoms with van der Waals surface area (Å²) in [5.41, 5.74) is 3.99. The number of aliphatic hydroxyl groups excluding tert-OH is 1. The molecule has 1 atom stereocenters. The van der Waals surface area contributed by atoms with E-state index >= 15 is 0 Å². The number of halogens is 2. The summed E-state index contributed by atoms with van der Waals surface area (Å²) in [5.74, 6) is -3.88. The number of hydrogen-bond acceptors (Lipinski definition) is 7. The van der Waals surface area contributed by atoms with Crippen LogP contribution in [0.4, 0.5) is 4.39 Å². The number of aromatic hydroxyl groups is 1. The Bertz CT molecular complexity index is 1110. The van der Waals surface area contributed by atoms with Gasteiger partial charge in [0.2, 0.25) is 5.76 Å². The summed E-state index contributed by atoms with van der Waals surface area (Å²) < 4.78 is 19.3. The molecular weight excluding hydrogens is 433 g/mol. The fourth-order valence-electron chi connectivity index (χ4n) is 2.72. The zero-order valence-corrected chi connectivity index (χ0v) is 16.6. The summed E-state index contributed by atoms with van der Waals surface area (Å²) >= 11 is 5.95. The molecular formula is C20H17ClFN3O6. The van der Waals surface area contributed by atoms with Crippen molar-refractivity contribution in [1.82, 2.24) is 15.6 Å². The topological polar surface area (TPSA) is 136 Å². The normalized spacial score (nSPS) is 11.8. The van der Waals surface area contributed by atoms with Crippen molar-refractivity contribution >= 4 is 23.5 Å². The Hall–Kier alpha value is -3.47. The number of hydrogen-bond donors (Lipinski definition) is 4. The second kappa shape index (κ2) is 9.56. The number of aromatic nitrogens is 1. The van der Waals surface area contributed by atoms with Crippen molar-refractivity contribution in [2.24, 2.45) is 0 Å². The molecule has 31 heavy (non-hydrogen) atoms. The van der Waals surface area contributed by atoms with E-state index in [2.05, 4.69) is 15.1 Å². The first-order valence-electron chi connectivity index (χ1n) is 8.91. The van der Waals surface area contributed by atoms with Gasteiger partial charge in [-0.3, -0.25) is 9.80 Å². The Morgan fingerprint density at radius 3 is 2.61 bits per heavy atom. The van der Waals surface area contributed by atoms with E-state index in [1.165, 1.54) is 6.07 Å². The molecule has 0 fully saturated rings. The molecule has 0 radical (unpaired) electrons. The smallest absolute Gasteiger partial charge is 0.334 e. The molecule has 1 aromatic heterocycles. The van der Waals surface area contributed by atoms with E-state index in [1.807, 2.05) is 0 Å². The van der Waals surface area contributed by atoms with Gasteiger partial charge in [-0.25, -0.2) is 14.6 Å². The molecule has 3 rings (SSSR count). The lowest BCUT2D eigenvalue weighted by Crippen LogP contribution is -2.48. The summed E-state index contributed by atoms with van der Waals surface area (Å²) in [6, 6.07) is 12.1. The first-order chi connectivity index (χ1) is 14.7. The predicted octanol–water partition coefficient (Wildman–Crippen LogP) is 2.43. The van der Waals surface area contributed by atoms with Gasteiger partial charge in [0.05, 0.1) is 12.6 Å². The highest BCUT2D eigenvalue weighted by atomic mass is 35.5. The lowest BCUT2D eigenvalue weighted by molar-refractivity contribution is -0.147. The molecule has 0 saturated heterocycles. The fourth-order valence-corrected chi connectivity index (χ4v) is 2.91. The minimum Gasteiger partial charge on any atom is -0.491 e. The number of amides is 1. The second-order valence-electron chi connectivity index (χ2n) is 6.48. The minimum atomic E-state index is -1.89. The lowest BCUT2D eigenvalue weighted by Gasteiger charge is -2.23. The van der Waals surface area contributed by atoms with E-state index < -0.39 is 36.2 Å². The Labute approximate surface area is 180 Å². The fraction of sp³-hybridized carbons (Fsp3) is 0.150. The number of carboxylic acid groups (broad SMARTS) is 1. The molecule has 0 saturated carbocycles. The maximum absolute atomic E-state index is 14.6. The first kappa shape index (κ1) is 22.2. The number of nitrogens with one attached hydrogen (secondary N) is 1. The van der Waals surface area contributed by atoms with Gasteiger partial charge in [-0.15, -0.1) is 0 Å². The van der Waals surface area contributed by atoms with E-state index in [0.717, 1.165) is 11.1 Å². The molecule has 9 nitrogen and oxygen atoms in total. The molecule has 0 spiro atoms. The molecule has 2 aromatic carbocycles. The van der Waals surface area contributed by atoms with Crippen LogP contribution >= 0.6 is 11.6 Å². The quantitative estimate of drug-likeness (QED) is 0.385. The largest absolute Gasteiger partial charge is 0.491 e. The number of aliphatic carboxylic acids is 1. The van der Waals surface area contributed by atoms with Gasteiger partial charge in [0, 0.05) is 17.1 Å². The Kier molecular flexibility index (Phi) is 6.85. The van der Waals surface area contributed by atoms with Crippen LogP contribution in [0, 0.1) is 5.82 Å². The zero-order valence-electron chi connectivity index (χ0n) is 15.8. The van der Waals surface area contributed by atoms with Crippen LogP contribution in [-0.4, -0.2) is 50.0 Å². The molecule has 11 heteroatoms. The third kappa shape index (κ3) is 5.57. The van der Waals surface area contributed by atoms with Crippen molar-refractivity contribution in [2.45, 2.75) is 12.6 Å². The average molecular weight is 450 g/mol. The monoisotopic (exact) mass is 449 g/mol. The Morgan fingerprint density at radius 1 is 1.23 bits per heavy atom. The van der Waals surface area contributed by atoms with Crippen LogP contribution in [0.5, 0.6) is 5.88 Å².